The Balaban J connectivity index is 1.47. The number of nitrogens with zero attached hydrogens (tertiary/aromatic N) is 1. The smallest absolute Gasteiger partial charge is 0.408 e. The Morgan fingerprint density at radius 2 is 1.60 bits per heavy atom. The monoisotopic (exact) mass is 815 g/mol. The molecule has 3 aromatic carbocycles. The molecule has 1 aromatic heterocycles. The number of rotatable bonds is 20. The van der Waals surface area contributed by atoms with Crippen molar-refractivity contribution in [3.05, 3.63) is 102 Å². The molecular weight excluding hydrogens is 757 g/mol. The van der Waals surface area contributed by atoms with E-state index in [0.717, 1.165) is 54.0 Å². The molecule has 1 fully saturated rings. The third-order valence-corrected chi connectivity index (χ3v) is 11.3. The zero-order valence-electron chi connectivity index (χ0n) is 34.0. The van der Waals surface area contributed by atoms with Crippen LogP contribution >= 0.6 is 8.03 Å². The SMILES string of the molecule is COC(=O)C(CC(C)C)CC(CC1CCCCC1)(NC(=O)[C@H](Cc1c[nH]cn1)NC(=O)C(Cc1cccc2ccccc12)NC(=O)OCc1ccccc1)O[PH](C)=O. The first kappa shape index (κ1) is 44.1. The molecule has 0 bridgehead atoms. The lowest BCUT2D eigenvalue weighted by atomic mass is 9.79. The van der Waals surface area contributed by atoms with E-state index in [-0.39, 0.29) is 37.7 Å². The van der Waals surface area contributed by atoms with Crippen LogP contribution in [0.4, 0.5) is 4.79 Å². The van der Waals surface area contributed by atoms with Gasteiger partial charge in [0.1, 0.15) is 24.4 Å². The number of amides is 3. The molecule has 4 aromatic rings. The summed E-state index contributed by atoms with van der Waals surface area (Å²) in [5, 5.41) is 10.6. The van der Waals surface area contributed by atoms with Gasteiger partial charge in [-0.25, -0.2) is 9.78 Å². The van der Waals surface area contributed by atoms with E-state index < -0.39 is 55.6 Å². The molecule has 14 heteroatoms. The Morgan fingerprint density at radius 1 is 0.897 bits per heavy atom. The molecular formula is C44H58N5O8P. The molecule has 0 radical (unpaired) electrons. The normalized spacial score (nSPS) is 16.4. The standard InChI is InChI=1S/C44H58N5O8P/c1-30(2)22-35(42(52)55-3)26-44(57-58(4)54,25-31-14-7-5-8-15-31)49-41(51)39(24-36-27-45-29-46-36)47-40(50)38(48-43(53)56-28-32-16-9-6-10-17-32)23-34-20-13-19-33-18-11-12-21-37(33)34/h6,9-13,16-21,27,29-31,35,38-39,58H,5,7-8,14-15,22-26,28H2,1-4H3,(H,45,46)(H,47,50)(H,48,53)(H,49,51)/t35?,38?,39-,44?/m0/s1. The summed E-state index contributed by atoms with van der Waals surface area (Å²) < 4.78 is 30.1. The molecule has 5 atom stereocenters. The first-order valence-electron chi connectivity index (χ1n) is 20.2. The summed E-state index contributed by atoms with van der Waals surface area (Å²) in [6.07, 6.45) is 8.12. The van der Waals surface area contributed by atoms with Crippen molar-refractivity contribution in [2.75, 3.05) is 13.8 Å². The second-order valence-electron chi connectivity index (χ2n) is 15.8. The predicted octanol–water partition coefficient (Wildman–Crippen LogP) is 7.26. The molecule has 3 amide bonds. The number of hydrogen-bond acceptors (Lipinski definition) is 9. The minimum atomic E-state index is -2.67. The summed E-state index contributed by atoms with van der Waals surface area (Å²) in [5.41, 5.74) is 0.576. The van der Waals surface area contributed by atoms with Gasteiger partial charge in [0, 0.05) is 32.1 Å². The fourth-order valence-electron chi connectivity index (χ4n) is 8.04. The highest BCUT2D eigenvalue weighted by Gasteiger charge is 2.43. The highest BCUT2D eigenvalue weighted by atomic mass is 31.1. The van der Waals surface area contributed by atoms with Crippen molar-refractivity contribution in [1.82, 2.24) is 25.9 Å². The number of aromatic nitrogens is 2. The van der Waals surface area contributed by atoms with Gasteiger partial charge in [0.25, 0.3) is 0 Å². The van der Waals surface area contributed by atoms with Crippen LogP contribution in [0.25, 0.3) is 10.8 Å². The van der Waals surface area contributed by atoms with Crippen molar-refractivity contribution in [3.63, 3.8) is 0 Å². The van der Waals surface area contributed by atoms with Gasteiger partial charge in [-0.2, -0.15) is 0 Å². The van der Waals surface area contributed by atoms with Gasteiger partial charge < -0.3 is 34.9 Å². The van der Waals surface area contributed by atoms with Gasteiger partial charge in [-0.1, -0.05) is 119 Å². The summed E-state index contributed by atoms with van der Waals surface area (Å²) in [6, 6.07) is 20.3. The summed E-state index contributed by atoms with van der Waals surface area (Å²) in [7, 11) is -1.35. The van der Waals surface area contributed by atoms with Gasteiger partial charge in [-0.05, 0) is 46.6 Å². The zero-order valence-corrected chi connectivity index (χ0v) is 35.0. The van der Waals surface area contributed by atoms with Crippen LogP contribution in [0.3, 0.4) is 0 Å². The van der Waals surface area contributed by atoms with Crippen molar-refractivity contribution >= 4 is 42.7 Å². The van der Waals surface area contributed by atoms with Crippen molar-refractivity contribution < 1.29 is 37.7 Å². The molecule has 4 unspecified atom stereocenters. The first-order valence-corrected chi connectivity index (χ1v) is 22.1. The number of carbonyl (C=O) groups is 4. The topological polar surface area (TPSA) is 178 Å². The summed E-state index contributed by atoms with van der Waals surface area (Å²) in [5.74, 6) is -2.09. The second-order valence-corrected chi connectivity index (χ2v) is 17.0. The third-order valence-electron chi connectivity index (χ3n) is 10.6. The average molecular weight is 816 g/mol. The van der Waals surface area contributed by atoms with Gasteiger partial charge >= 0.3 is 12.1 Å². The van der Waals surface area contributed by atoms with Gasteiger partial charge in [0.2, 0.25) is 11.8 Å². The molecule has 0 spiro atoms. The van der Waals surface area contributed by atoms with E-state index in [1.165, 1.54) is 20.1 Å². The van der Waals surface area contributed by atoms with Crippen molar-refractivity contribution in [2.24, 2.45) is 17.8 Å². The third kappa shape index (κ3) is 13.3. The quantitative estimate of drug-likeness (QED) is 0.0406. The summed E-state index contributed by atoms with van der Waals surface area (Å²) >= 11 is 0. The van der Waals surface area contributed by atoms with Gasteiger partial charge in [0.05, 0.1) is 25.0 Å². The number of alkyl carbamates (subject to hydrolysis) is 1. The van der Waals surface area contributed by atoms with Crippen LogP contribution in [0.5, 0.6) is 0 Å². The van der Waals surface area contributed by atoms with Gasteiger partial charge in [-0.3, -0.25) is 18.9 Å². The Kier molecular flexibility index (Phi) is 16.5. The van der Waals surface area contributed by atoms with Crippen LogP contribution in [-0.2, 0) is 52.4 Å². The van der Waals surface area contributed by atoms with E-state index in [1.54, 1.807) is 6.20 Å². The number of benzene rings is 3. The lowest BCUT2D eigenvalue weighted by molar-refractivity contribution is -0.151. The van der Waals surface area contributed by atoms with E-state index in [2.05, 4.69) is 25.9 Å². The Morgan fingerprint density at radius 3 is 2.29 bits per heavy atom. The molecule has 0 saturated heterocycles. The molecule has 0 aliphatic heterocycles. The molecule has 4 N–H and O–H groups in total. The zero-order chi connectivity index (χ0) is 41.5. The maximum absolute atomic E-state index is 14.8. The molecule has 1 aliphatic carbocycles. The molecule has 5 rings (SSSR count). The van der Waals surface area contributed by atoms with Crippen molar-refractivity contribution in [1.29, 1.82) is 0 Å². The first-order chi connectivity index (χ1) is 27.9. The van der Waals surface area contributed by atoms with E-state index >= 15 is 0 Å². The lowest BCUT2D eigenvalue weighted by Gasteiger charge is -2.40. The molecule has 1 aliphatic rings. The van der Waals surface area contributed by atoms with Gasteiger partial charge in [0.15, 0.2) is 8.03 Å². The molecule has 312 valence electrons. The number of hydrogen-bond donors (Lipinski definition) is 4. The molecule has 1 saturated carbocycles. The van der Waals surface area contributed by atoms with E-state index in [9.17, 15) is 23.7 Å². The maximum Gasteiger partial charge on any atom is 0.408 e. The molecule has 1 heterocycles. The number of aromatic amines is 1. The second kappa shape index (κ2) is 21.7. The highest BCUT2D eigenvalue weighted by Crippen LogP contribution is 2.40. The number of H-pyrrole nitrogens is 1. The number of fused-ring (bicyclic) bond motifs is 1. The number of esters is 1. The van der Waals surface area contributed by atoms with E-state index in [0.29, 0.717) is 18.5 Å². The number of carbonyl (C=O) groups excluding carboxylic acids is 4. The van der Waals surface area contributed by atoms with Crippen LogP contribution in [0.2, 0.25) is 0 Å². The van der Waals surface area contributed by atoms with Crippen LogP contribution in [-0.4, -0.2) is 65.4 Å². The van der Waals surface area contributed by atoms with Crippen LogP contribution in [0.1, 0.15) is 82.0 Å². The fourth-order valence-corrected chi connectivity index (χ4v) is 8.80. The number of imidazole rings is 1. The largest absolute Gasteiger partial charge is 0.469 e. The van der Waals surface area contributed by atoms with Crippen LogP contribution < -0.4 is 16.0 Å². The number of nitrogens with one attached hydrogen (secondary N) is 4. The lowest BCUT2D eigenvalue weighted by Crippen LogP contribution is -2.60. The minimum Gasteiger partial charge on any atom is -0.469 e. The summed E-state index contributed by atoms with van der Waals surface area (Å²) in [6.45, 7) is 5.45. The van der Waals surface area contributed by atoms with Crippen LogP contribution in [0, 0.1) is 17.8 Å². The molecule has 13 nitrogen and oxygen atoms in total. The van der Waals surface area contributed by atoms with Gasteiger partial charge in [-0.15, -0.1) is 0 Å². The average Bonchev–Trinajstić information content (AvgIpc) is 3.72. The van der Waals surface area contributed by atoms with Crippen molar-refractivity contribution in [3.8, 4) is 0 Å². The van der Waals surface area contributed by atoms with E-state index in [4.69, 9.17) is 14.0 Å². The maximum atomic E-state index is 14.8. The van der Waals surface area contributed by atoms with Crippen molar-refractivity contribution in [2.45, 2.75) is 102 Å². The Hall–Kier alpha value is -5.00. The van der Waals surface area contributed by atoms with Crippen LogP contribution in [0.15, 0.2) is 85.3 Å². The fraction of sp³-hybridized carbons (Fsp3) is 0.477. The number of ether oxygens (including phenoxy) is 2. The minimum absolute atomic E-state index is 0.00745. The Labute approximate surface area is 341 Å². The highest BCUT2D eigenvalue weighted by molar-refractivity contribution is 7.38. The number of methoxy groups -OCH3 is 1. The predicted molar refractivity (Wildman–Crippen MR) is 223 cm³/mol. The molecule has 58 heavy (non-hydrogen) atoms. The Bertz CT molecular complexity index is 1970. The summed E-state index contributed by atoms with van der Waals surface area (Å²) in [4.78, 5) is 63.0. The van der Waals surface area contributed by atoms with E-state index in [1.807, 2.05) is 86.6 Å².